The number of aliphatic hydroxyl groups is 3. The third kappa shape index (κ3) is 10.6. The molecule has 0 amide bonds. The molecule has 5 heteroatoms. The number of aliphatic hydroxyl groups excluding tert-OH is 3. The molecule has 1 saturated heterocycles. The average molecular weight is 373 g/mol. The van der Waals surface area contributed by atoms with Gasteiger partial charge in [0, 0.05) is 6.61 Å². The van der Waals surface area contributed by atoms with E-state index >= 15 is 0 Å². The van der Waals surface area contributed by atoms with E-state index in [-0.39, 0.29) is 13.2 Å². The van der Waals surface area contributed by atoms with E-state index in [0.717, 1.165) is 12.8 Å². The molecule has 0 aliphatic carbocycles. The molecule has 0 aromatic carbocycles. The van der Waals surface area contributed by atoms with Crippen molar-refractivity contribution >= 4 is 0 Å². The Morgan fingerprint density at radius 3 is 2.15 bits per heavy atom. The highest BCUT2D eigenvalue weighted by Gasteiger charge is 2.37. The summed E-state index contributed by atoms with van der Waals surface area (Å²) in [6.45, 7) is 3.16. The molecule has 5 nitrogen and oxygen atoms in total. The van der Waals surface area contributed by atoms with E-state index in [4.69, 9.17) is 9.47 Å². The summed E-state index contributed by atoms with van der Waals surface area (Å²) in [7, 11) is 0. The predicted octanol–water partition coefficient (Wildman–Crippen LogP) is 3.35. The zero-order valence-electron chi connectivity index (χ0n) is 16.5. The topological polar surface area (TPSA) is 79.2 Å². The van der Waals surface area contributed by atoms with E-state index in [1.165, 1.54) is 57.8 Å². The molecule has 0 saturated carbocycles. The van der Waals surface area contributed by atoms with E-state index < -0.39 is 24.4 Å². The van der Waals surface area contributed by atoms with Crippen LogP contribution in [0.25, 0.3) is 0 Å². The molecule has 4 atom stereocenters. The number of hydrogen-bond acceptors (Lipinski definition) is 5. The second-order valence-corrected chi connectivity index (χ2v) is 7.37. The largest absolute Gasteiger partial charge is 0.388 e. The Balaban J connectivity index is 1.82. The van der Waals surface area contributed by atoms with Crippen LogP contribution in [0.1, 0.15) is 77.6 Å². The third-order valence-electron chi connectivity index (χ3n) is 4.92. The van der Waals surface area contributed by atoms with Crippen molar-refractivity contribution < 1.29 is 24.8 Å². The minimum Gasteiger partial charge on any atom is -0.388 e. The van der Waals surface area contributed by atoms with Gasteiger partial charge in [0.15, 0.2) is 0 Å². The molecule has 0 unspecified atom stereocenters. The highest BCUT2D eigenvalue weighted by atomic mass is 16.6. The van der Waals surface area contributed by atoms with Gasteiger partial charge in [0.1, 0.15) is 24.4 Å². The van der Waals surface area contributed by atoms with Crippen molar-refractivity contribution in [3.05, 3.63) is 12.2 Å². The summed E-state index contributed by atoms with van der Waals surface area (Å²) in [5.41, 5.74) is 0. The molecule has 154 valence electrons. The van der Waals surface area contributed by atoms with Crippen LogP contribution >= 0.6 is 0 Å². The second-order valence-electron chi connectivity index (χ2n) is 7.37. The monoisotopic (exact) mass is 372 g/mol. The molecule has 1 aliphatic heterocycles. The van der Waals surface area contributed by atoms with Crippen LogP contribution in [0.15, 0.2) is 12.2 Å². The minimum atomic E-state index is -1.15. The smallest absolute Gasteiger partial charge is 0.111 e. The van der Waals surface area contributed by atoms with E-state index in [1.807, 2.05) is 0 Å². The maximum atomic E-state index is 9.80. The molecule has 26 heavy (non-hydrogen) atoms. The van der Waals surface area contributed by atoms with Crippen molar-refractivity contribution in [2.45, 2.75) is 102 Å². The van der Waals surface area contributed by atoms with Crippen LogP contribution in [-0.2, 0) is 9.47 Å². The number of allylic oxidation sites excluding steroid dienone is 2. The summed E-state index contributed by atoms with van der Waals surface area (Å²) in [5, 5.41) is 28.8. The van der Waals surface area contributed by atoms with Crippen LogP contribution in [0, 0.1) is 0 Å². The van der Waals surface area contributed by atoms with Crippen molar-refractivity contribution in [1.29, 1.82) is 0 Å². The highest BCUT2D eigenvalue weighted by Crippen LogP contribution is 2.16. The van der Waals surface area contributed by atoms with Gasteiger partial charge in [-0.25, -0.2) is 0 Å². The summed E-state index contributed by atoms with van der Waals surface area (Å²) in [6, 6.07) is 0. The SMILES string of the molecule is CCC/C=C/CCCCCCCCCCOC[C@H]1OC[C@H](O)[C@@H](O)[C@@H]1O. The van der Waals surface area contributed by atoms with Crippen molar-refractivity contribution in [1.82, 2.24) is 0 Å². The first kappa shape index (κ1) is 23.6. The van der Waals surface area contributed by atoms with E-state index in [0.29, 0.717) is 6.61 Å². The standard InChI is InChI=1S/C21H40O5/c1-2-3-4-5-6-7-8-9-10-11-12-13-14-15-25-17-19-21(24)20(23)18(22)16-26-19/h4-5,18-24H,2-3,6-17H2,1H3/b5-4+/t18-,19+,20+,21+/m0/s1. The van der Waals surface area contributed by atoms with Crippen molar-refractivity contribution in [3.63, 3.8) is 0 Å². The van der Waals surface area contributed by atoms with Gasteiger partial charge in [0.2, 0.25) is 0 Å². The molecular weight excluding hydrogens is 332 g/mol. The first-order valence-electron chi connectivity index (χ1n) is 10.5. The van der Waals surface area contributed by atoms with Crippen molar-refractivity contribution in [2.24, 2.45) is 0 Å². The Hall–Kier alpha value is -0.460. The fraction of sp³-hybridized carbons (Fsp3) is 0.905. The molecule has 0 radical (unpaired) electrons. The van der Waals surface area contributed by atoms with Crippen LogP contribution in [0.2, 0.25) is 0 Å². The first-order chi connectivity index (χ1) is 12.7. The van der Waals surface area contributed by atoms with E-state index in [2.05, 4.69) is 19.1 Å². The lowest BCUT2D eigenvalue weighted by molar-refractivity contribution is -0.199. The van der Waals surface area contributed by atoms with E-state index in [1.54, 1.807) is 0 Å². The molecule has 0 bridgehead atoms. The molecule has 0 aromatic rings. The quantitative estimate of drug-likeness (QED) is 0.303. The Morgan fingerprint density at radius 2 is 1.46 bits per heavy atom. The Labute approximate surface area is 159 Å². The van der Waals surface area contributed by atoms with Crippen LogP contribution < -0.4 is 0 Å². The Kier molecular flexibility index (Phi) is 14.1. The van der Waals surface area contributed by atoms with Crippen molar-refractivity contribution in [3.8, 4) is 0 Å². The fourth-order valence-corrected chi connectivity index (χ4v) is 3.14. The zero-order chi connectivity index (χ0) is 19.0. The molecule has 1 aliphatic rings. The van der Waals surface area contributed by atoms with E-state index in [9.17, 15) is 15.3 Å². The predicted molar refractivity (Wildman–Crippen MR) is 104 cm³/mol. The average Bonchev–Trinajstić information content (AvgIpc) is 2.64. The molecule has 1 fully saturated rings. The number of unbranched alkanes of at least 4 members (excludes halogenated alkanes) is 9. The normalized spacial score (nSPS) is 26.6. The van der Waals surface area contributed by atoms with Gasteiger partial charge in [-0.05, 0) is 25.7 Å². The first-order valence-corrected chi connectivity index (χ1v) is 10.5. The van der Waals surface area contributed by atoms with Gasteiger partial charge in [-0.3, -0.25) is 0 Å². The van der Waals surface area contributed by atoms with Gasteiger partial charge in [-0.15, -0.1) is 0 Å². The molecule has 0 spiro atoms. The second kappa shape index (κ2) is 15.6. The molecule has 1 heterocycles. The summed E-state index contributed by atoms with van der Waals surface area (Å²) >= 11 is 0. The maximum absolute atomic E-state index is 9.80. The maximum Gasteiger partial charge on any atom is 0.111 e. The van der Waals surface area contributed by atoms with Gasteiger partial charge in [0.05, 0.1) is 13.2 Å². The van der Waals surface area contributed by atoms with Gasteiger partial charge < -0.3 is 24.8 Å². The van der Waals surface area contributed by atoms with Gasteiger partial charge in [-0.1, -0.05) is 64.0 Å². The highest BCUT2D eigenvalue weighted by molar-refractivity contribution is 4.86. The Bertz CT molecular complexity index is 347. The number of rotatable bonds is 15. The number of ether oxygens (including phenoxy) is 2. The molecular formula is C21H40O5. The zero-order valence-corrected chi connectivity index (χ0v) is 16.5. The van der Waals surface area contributed by atoms with Gasteiger partial charge >= 0.3 is 0 Å². The minimum absolute atomic E-state index is 0.0429. The molecule has 0 aromatic heterocycles. The van der Waals surface area contributed by atoms with Crippen LogP contribution in [0.5, 0.6) is 0 Å². The summed E-state index contributed by atoms with van der Waals surface area (Å²) in [6.07, 6.45) is 14.5. The third-order valence-corrected chi connectivity index (χ3v) is 4.92. The summed E-state index contributed by atoms with van der Waals surface area (Å²) in [4.78, 5) is 0. The molecule has 3 N–H and O–H groups in total. The van der Waals surface area contributed by atoms with Gasteiger partial charge in [0.25, 0.3) is 0 Å². The van der Waals surface area contributed by atoms with Gasteiger partial charge in [-0.2, -0.15) is 0 Å². The van der Waals surface area contributed by atoms with Crippen LogP contribution in [-0.4, -0.2) is 59.6 Å². The lowest BCUT2D eigenvalue weighted by atomic mass is 10.0. The summed E-state index contributed by atoms with van der Waals surface area (Å²) in [5.74, 6) is 0. The fourth-order valence-electron chi connectivity index (χ4n) is 3.14. The van der Waals surface area contributed by atoms with Crippen LogP contribution in [0.3, 0.4) is 0 Å². The molecule has 1 rings (SSSR count). The summed E-state index contributed by atoms with van der Waals surface area (Å²) < 4.78 is 10.8. The van der Waals surface area contributed by atoms with Crippen LogP contribution in [0.4, 0.5) is 0 Å². The number of hydrogen-bond donors (Lipinski definition) is 3. The lowest BCUT2D eigenvalue weighted by Crippen LogP contribution is -2.54. The Morgan fingerprint density at radius 1 is 0.846 bits per heavy atom. The lowest BCUT2D eigenvalue weighted by Gasteiger charge is -2.35. The van der Waals surface area contributed by atoms with Crippen molar-refractivity contribution in [2.75, 3.05) is 19.8 Å².